The predicted octanol–water partition coefficient (Wildman–Crippen LogP) is 7.72. The molecule has 0 aliphatic heterocycles. The predicted molar refractivity (Wildman–Crippen MR) is 91.4 cm³/mol. The maximum Gasteiger partial charge on any atom is -0.0443 e. The van der Waals surface area contributed by atoms with Crippen LogP contribution in [0.1, 0.15) is 108 Å². The molecule has 0 amide bonds. The van der Waals surface area contributed by atoms with E-state index in [1.807, 2.05) is 41.5 Å². The molecule has 0 saturated heterocycles. The number of rotatable bonds is 1. The third-order valence-electron chi connectivity index (χ3n) is 2.80. The largest absolute Gasteiger partial charge is 0.0683 e. The van der Waals surface area contributed by atoms with Crippen molar-refractivity contribution in [2.75, 3.05) is 0 Å². The van der Waals surface area contributed by atoms with Crippen molar-refractivity contribution < 1.29 is 0 Å². The molecule has 1 aliphatic rings. The molecule has 0 unspecified atom stereocenters. The van der Waals surface area contributed by atoms with E-state index in [9.17, 15) is 0 Å². The Hall–Kier alpha value is 0. The van der Waals surface area contributed by atoms with Crippen molar-refractivity contribution >= 4 is 0 Å². The molecule has 0 aromatic carbocycles. The minimum absolute atomic E-state index is 1.02. The van der Waals surface area contributed by atoms with E-state index in [4.69, 9.17) is 0 Å². The first-order valence-electron chi connectivity index (χ1n) is 8.70. The third-order valence-corrected chi connectivity index (χ3v) is 2.80. The van der Waals surface area contributed by atoms with Gasteiger partial charge in [-0.25, -0.2) is 0 Å². The first-order valence-corrected chi connectivity index (χ1v) is 8.70. The highest BCUT2D eigenvalue weighted by molar-refractivity contribution is 4.65. The lowest BCUT2D eigenvalue weighted by atomic mass is 9.84. The fraction of sp³-hybridized carbons (Fsp3) is 1.00. The Morgan fingerprint density at radius 1 is 0.556 bits per heavy atom. The van der Waals surface area contributed by atoms with Gasteiger partial charge in [-0.15, -0.1) is 0 Å². The van der Waals surface area contributed by atoms with E-state index in [0.717, 1.165) is 11.8 Å². The van der Waals surface area contributed by atoms with Crippen molar-refractivity contribution in [3.8, 4) is 0 Å². The lowest BCUT2D eigenvalue weighted by molar-refractivity contribution is 0.308. The van der Waals surface area contributed by atoms with Crippen LogP contribution >= 0.6 is 0 Å². The van der Waals surface area contributed by atoms with Crippen molar-refractivity contribution in [3.05, 3.63) is 0 Å². The average molecular weight is 261 g/mol. The Balaban J connectivity index is -0.0000000841. The summed E-state index contributed by atoms with van der Waals surface area (Å²) >= 11 is 0. The van der Waals surface area contributed by atoms with E-state index < -0.39 is 0 Å². The maximum atomic E-state index is 2.37. The third kappa shape index (κ3) is 29.8. The summed E-state index contributed by atoms with van der Waals surface area (Å²) in [5.74, 6) is 2.04. The summed E-state index contributed by atoms with van der Waals surface area (Å²) in [6.45, 7) is 21.1. The zero-order valence-electron chi connectivity index (χ0n) is 15.4. The van der Waals surface area contributed by atoms with Gasteiger partial charge in [-0.05, 0) is 11.8 Å². The fourth-order valence-electron chi connectivity index (χ4n) is 1.43. The molecule has 0 heteroatoms. The van der Waals surface area contributed by atoms with E-state index in [1.54, 1.807) is 0 Å². The molecule has 0 heterocycles. The monoisotopic (exact) mass is 260 g/mol. The summed E-state index contributed by atoms with van der Waals surface area (Å²) in [5.41, 5.74) is 0. The molecule has 0 N–H and O–H groups in total. The van der Waals surface area contributed by atoms with Gasteiger partial charge in [0.25, 0.3) is 0 Å². The highest BCUT2D eigenvalue weighted by Crippen LogP contribution is 2.27. The molecule has 0 atom stereocenters. The van der Waals surface area contributed by atoms with Crippen molar-refractivity contribution in [2.45, 2.75) is 108 Å². The van der Waals surface area contributed by atoms with Gasteiger partial charge in [0.05, 0.1) is 0 Å². The van der Waals surface area contributed by atoms with Crippen molar-refractivity contribution in [2.24, 2.45) is 11.8 Å². The molecular weight excluding hydrogens is 216 g/mol. The van der Waals surface area contributed by atoms with Crippen LogP contribution in [-0.2, 0) is 0 Å². The SMILES string of the molecule is CC.CC.CC.CC1CCC(C)CC1.CCCC. The summed E-state index contributed by atoms with van der Waals surface area (Å²) in [6, 6.07) is 0. The molecule has 0 nitrogen and oxygen atoms in total. The van der Waals surface area contributed by atoms with E-state index in [1.165, 1.54) is 38.5 Å². The van der Waals surface area contributed by atoms with E-state index in [2.05, 4.69) is 27.7 Å². The van der Waals surface area contributed by atoms with Gasteiger partial charge >= 0.3 is 0 Å². The second-order valence-corrected chi connectivity index (χ2v) is 4.37. The smallest absolute Gasteiger partial charge is 0.0443 e. The summed E-state index contributed by atoms with van der Waals surface area (Å²) in [7, 11) is 0. The average Bonchev–Trinajstić information content (AvgIpc) is 2.49. The Morgan fingerprint density at radius 2 is 0.722 bits per heavy atom. The highest BCUT2D eigenvalue weighted by atomic mass is 14.2. The number of hydrogen-bond donors (Lipinski definition) is 0. The molecular formula is C18H44. The summed E-state index contributed by atoms with van der Waals surface area (Å²) in [6.07, 6.45) is 8.53. The van der Waals surface area contributed by atoms with E-state index >= 15 is 0 Å². The second-order valence-electron chi connectivity index (χ2n) is 4.37. The molecule has 1 aliphatic carbocycles. The molecule has 0 spiro atoms. The van der Waals surface area contributed by atoms with Gasteiger partial charge in [0.15, 0.2) is 0 Å². The van der Waals surface area contributed by atoms with Gasteiger partial charge in [-0.2, -0.15) is 0 Å². The minimum Gasteiger partial charge on any atom is -0.0683 e. The second kappa shape index (κ2) is 30.2. The van der Waals surface area contributed by atoms with Crippen molar-refractivity contribution in [1.29, 1.82) is 0 Å². The van der Waals surface area contributed by atoms with Crippen LogP contribution < -0.4 is 0 Å². The maximum absolute atomic E-state index is 2.37. The number of unbranched alkanes of at least 4 members (excludes halogenated alkanes) is 1. The molecule has 116 valence electrons. The quantitative estimate of drug-likeness (QED) is 0.452. The molecule has 1 fully saturated rings. The molecule has 0 aromatic heterocycles. The Labute approximate surface area is 120 Å². The standard InChI is InChI=1S/C8H16.C4H10.3C2H6/c1-7-3-5-8(2)6-4-7;1-3-4-2;3*1-2/h7-8H,3-6H2,1-2H3;3-4H2,1-2H3;3*1-2H3. The van der Waals surface area contributed by atoms with E-state index in [-0.39, 0.29) is 0 Å². The van der Waals surface area contributed by atoms with Crippen molar-refractivity contribution in [3.63, 3.8) is 0 Å². The van der Waals surface area contributed by atoms with Crippen LogP contribution in [0.15, 0.2) is 0 Å². The Morgan fingerprint density at radius 3 is 0.833 bits per heavy atom. The van der Waals surface area contributed by atoms with Crippen LogP contribution in [0.25, 0.3) is 0 Å². The van der Waals surface area contributed by atoms with Gasteiger partial charge in [-0.3, -0.25) is 0 Å². The normalized spacial score (nSPS) is 20.3. The molecule has 0 bridgehead atoms. The molecule has 0 aromatic rings. The van der Waals surface area contributed by atoms with E-state index in [0.29, 0.717) is 0 Å². The van der Waals surface area contributed by atoms with Gasteiger partial charge in [0.2, 0.25) is 0 Å². The molecule has 18 heavy (non-hydrogen) atoms. The van der Waals surface area contributed by atoms with Crippen LogP contribution in [0.4, 0.5) is 0 Å². The molecule has 1 saturated carbocycles. The van der Waals surface area contributed by atoms with Crippen molar-refractivity contribution in [1.82, 2.24) is 0 Å². The van der Waals surface area contributed by atoms with Crippen LogP contribution in [0.5, 0.6) is 0 Å². The first kappa shape index (κ1) is 26.5. The summed E-state index contributed by atoms with van der Waals surface area (Å²) < 4.78 is 0. The Bertz CT molecular complexity index is 66.0. The summed E-state index contributed by atoms with van der Waals surface area (Å²) in [5, 5.41) is 0. The topological polar surface area (TPSA) is 0 Å². The van der Waals surface area contributed by atoms with Gasteiger partial charge < -0.3 is 0 Å². The Kier molecular flexibility index (Phi) is 44.6. The number of hydrogen-bond acceptors (Lipinski definition) is 0. The van der Waals surface area contributed by atoms with Crippen LogP contribution in [0, 0.1) is 11.8 Å². The first-order chi connectivity index (χ1) is 8.70. The minimum atomic E-state index is 1.02. The van der Waals surface area contributed by atoms with Crippen LogP contribution in [-0.4, -0.2) is 0 Å². The van der Waals surface area contributed by atoms with Gasteiger partial charge in [0.1, 0.15) is 0 Å². The van der Waals surface area contributed by atoms with Gasteiger partial charge in [-0.1, -0.05) is 108 Å². The lowest BCUT2D eigenvalue weighted by Crippen LogP contribution is -2.08. The summed E-state index contributed by atoms with van der Waals surface area (Å²) in [4.78, 5) is 0. The molecule has 1 rings (SSSR count). The highest BCUT2D eigenvalue weighted by Gasteiger charge is 2.13. The van der Waals surface area contributed by atoms with Crippen LogP contribution in [0.2, 0.25) is 0 Å². The zero-order chi connectivity index (χ0) is 15.4. The lowest BCUT2D eigenvalue weighted by Gasteiger charge is -2.22. The molecule has 0 radical (unpaired) electrons. The fourth-order valence-corrected chi connectivity index (χ4v) is 1.43. The van der Waals surface area contributed by atoms with Gasteiger partial charge in [0, 0.05) is 0 Å². The van der Waals surface area contributed by atoms with Crippen LogP contribution in [0.3, 0.4) is 0 Å². The zero-order valence-corrected chi connectivity index (χ0v) is 15.4.